The van der Waals surface area contributed by atoms with E-state index in [-0.39, 0.29) is 6.54 Å². The Morgan fingerprint density at radius 2 is 1.67 bits per heavy atom. The third-order valence-corrected chi connectivity index (χ3v) is 5.20. The highest BCUT2D eigenvalue weighted by Gasteiger charge is 2.21. The Hall–Kier alpha value is -1.66. The molecule has 0 saturated heterocycles. The van der Waals surface area contributed by atoms with Crippen molar-refractivity contribution in [1.82, 2.24) is 9.88 Å². The van der Waals surface area contributed by atoms with Crippen LogP contribution in [0, 0.1) is 34.6 Å². The molecule has 0 aliphatic rings. The highest BCUT2D eigenvalue weighted by atomic mass is 32.2. The number of aryl methyl sites for hydroxylation is 5. The van der Waals surface area contributed by atoms with Crippen LogP contribution >= 0.6 is 0 Å². The van der Waals surface area contributed by atoms with E-state index in [1.807, 2.05) is 32.9 Å². The third kappa shape index (κ3) is 3.16. The molecule has 2 rings (SSSR count). The summed E-state index contributed by atoms with van der Waals surface area (Å²) < 4.78 is 32.8. The number of sulfonamides is 1. The molecule has 0 fully saturated rings. The molecule has 1 heterocycles. The summed E-state index contributed by atoms with van der Waals surface area (Å²) in [4.78, 5) is 0.347. The lowest BCUT2D eigenvalue weighted by atomic mass is 10.1. The second-order valence-corrected chi connectivity index (χ2v) is 7.06. The molecule has 5 nitrogen and oxygen atoms in total. The topological polar surface area (TPSA) is 72.2 Å². The summed E-state index contributed by atoms with van der Waals surface area (Å²) in [5.74, 6) is 0.632. The van der Waals surface area contributed by atoms with Crippen molar-refractivity contribution in [2.75, 3.05) is 0 Å². The van der Waals surface area contributed by atoms with E-state index < -0.39 is 10.0 Å². The van der Waals surface area contributed by atoms with Crippen LogP contribution in [0.1, 0.15) is 33.7 Å². The van der Waals surface area contributed by atoms with Crippen LogP contribution in [0.2, 0.25) is 0 Å². The summed E-state index contributed by atoms with van der Waals surface area (Å²) >= 11 is 0. The minimum atomic E-state index is -3.57. The van der Waals surface area contributed by atoms with Crippen LogP contribution in [0.4, 0.5) is 0 Å². The molecule has 0 aliphatic heterocycles. The van der Waals surface area contributed by atoms with Gasteiger partial charge in [0.05, 0.1) is 10.6 Å². The predicted molar refractivity (Wildman–Crippen MR) is 80.7 cm³/mol. The lowest BCUT2D eigenvalue weighted by Gasteiger charge is -2.13. The summed E-state index contributed by atoms with van der Waals surface area (Å²) in [6.45, 7) is 9.31. The van der Waals surface area contributed by atoms with Crippen molar-refractivity contribution in [1.29, 1.82) is 0 Å². The Labute approximate surface area is 125 Å². The first-order valence-corrected chi connectivity index (χ1v) is 8.20. The highest BCUT2D eigenvalue weighted by Crippen LogP contribution is 2.22. The van der Waals surface area contributed by atoms with Gasteiger partial charge in [-0.15, -0.1) is 0 Å². The fraction of sp³-hybridized carbons (Fsp3) is 0.400. The van der Waals surface area contributed by atoms with Gasteiger partial charge in [-0.05, 0) is 45.7 Å². The van der Waals surface area contributed by atoms with Crippen LogP contribution in [0.3, 0.4) is 0 Å². The van der Waals surface area contributed by atoms with Crippen molar-refractivity contribution in [3.05, 3.63) is 45.8 Å². The van der Waals surface area contributed by atoms with E-state index in [1.165, 1.54) is 0 Å². The molecular weight excluding hydrogens is 288 g/mol. The average Bonchev–Trinajstić information content (AvgIpc) is 2.65. The van der Waals surface area contributed by atoms with E-state index in [9.17, 15) is 8.42 Å². The Morgan fingerprint density at radius 3 is 2.14 bits per heavy atom. The first kappa shape index (κ1) is 15.7. The molecular formula is C15H20N2O3S. The summed E-state index contributed by atoms with van der Waals surface area (Å²) in [7, 11) is -3.57. The van der Waals surface area contributed by atoms with Gasteiger partial charge in [0.25, 0.3) is 0 Å². The molecule has 114 valence electrons. The normalized spacial score (nSPS) is 11.9. The van der Waals surface area contributed by atoms with Gasteiger partial charge in [0, 0.05) is 12.1 Å². The molecule has 6 heteroatoms. The van der Waals surface area contributed by atoms with E-state index in [0.717, 1.165) is 22.3 Å². The first-order chi connectivity index (χ1) is 9.72. The van der Waals surface area contributed by atoms with Crippen LogP contribution in [-0.2, 0) is 16.6 Å². The summed E-state index contributed by atoms with van der Waals surface area (Å²) in [5, 5.41) is 3.83. The minimum Gasteiger partial charge on any atom is -0.361 e. The first-order valence-electron chi connectivity index (χ1n) is 6.71. The minimum absolute atomic E-state index is 0.177. The van der Waals surface area contributed by atoms with E-state index in [0.29, 0.717) is 16.3 Å². The Bertz CT molecular complexity index is 734. The molecule has 0 bridgehead atoms. The van der Waals surface area contributed by atoms with Gasteiger partial charge in [0.1, 0.15) is 5.76 Å². The lowest BCUT2D eigenvalue weighted by molar-refractivity contribution is 0.392. The van der Waals surface area contributed by atoms with Crippen molar-refractivity contribution in [3.63, 3.8) is 0 Å². The molecule has 1 N–H and O–H groups in total. The number of aromatic nitrogens is 1. The maximum atomic E-state index is 12.5. The smallest absolute Gasteiger partial charge is 0.241 e. The Morgan fingerprint density at radius 1 is 1.10 bits per heavy atom. The molecule has 0 aliphatic carbocycles. The second-order valence-electron chi connectivity index (χ2n) is 5.36. The van der Waals surface area contributed by atoms with Crippen molar-refractivity contribution < 1.29 is 12.9 Å². The zero-order valence-corrected chi connectivity index (χ0v) is 13.8. The molecule has 0 spiro atoms. The lowest BCUT2D eigenvalue weighted by Crippen LogP contribution is -2.25. The zero-order valence-electron chi connectivity index (χ0n) is 12.9. The van der Waals surface area contributed by atoms with Gasteiger partial charge in [0.2, 0.25) is 10.0 Å². The summed E-state index contributed by atoms with van der Waals surface area (Å²) in [6.07, 6.45) is 0. The SMILES string of the molecule is Cc1cc(C)c(S(=O)(=O)NCc2c(C)noc2C)c(C)c1. The second kappa shape index (κ2) is 5.61. The van der Waals surface area contributed by atoms with Crippen molar-refractivity contribution in [2.24, 2.45) is 0 Å². The molecule has 2 aromatic rings. The molecule has 0 amide bonds. The predicted octanol–water partition coefficient (Wildman–Crippen LogP) is 2.70. The molecule has 1 aromatic heterocycles. The number of nitrogens with zero attached hydrogens (tertiary/aromatic N) is 1. The standard InChI is InChI=1S/C15H20N2O3S/c1-9-6-10(2)15(11(3)7-9)21(18,19)16-8-14-12(4)17-20-13(14)5/h6-7,16H,8H2,1-5H3. The van der Waals surface area contributed by atoms with Crippen molar-refractivity contribution in [3.8, 4) is 0 Å². The maximum absolute atomic E-state index is 12.5. The largest absolute Gasteiger partial charge is 0.361 e. The molecule has 0 radical (unpaired) electrons. The van der Waals surface area contributed by atoms with Gasteiger partial charge in [-0.25, -0.2) is 13.1 Å². The van der Waals surface area contributed by atoms with E-state index in [2.05, 4.69) is 9.88 Å². The van der Waals surface area contributed by atoms with Gasteiger partial charge in [-0.3, -0.25) is 0 Å². The van der Waals surface area contributed by atoms with E-state index in [4.69, 9.17) is 4.52 Å². The summed E-state index contributed by atoms with van der Waals surface area (Å²) in [6, 6.07) is 3.74. The molecule has 0 unspecified atom stereocenters. The summed E-state index contributed by atoms with van der Waals surface area (Å²) in [5.41, 5.74) is 4.03. The van der Waals surface area contributed by atoms with Gasteiger partial charge < -0.3 is 4.52 Å². The van der Waals surface area contributed by atoms with E-state index >= 15 is 0 Å². The monoisotopic (exact) mass is 308 g/mol. The van der Waals surface area contributed by atoms with E-state index in [1.54, 1.807) is 13.8 Å². The van der Waals surface area contributed by atoms with Crippen LogP contribution in [-0.4, -0.2) is 13.6 Å². The third-order valence-electron chi connectivity index (χ3n) is 3.49. The van der Waals surface area contributed by atoms with Gasteiger partial charge >= 0.3 is 0 Å². The average molecular weight is 308 g/mol. The van der Waals surface area contributed by atoms with Gasteiger partial charge in [-0.2, -0.15) is 0 Å². The molecule has 0 saturated carbocycles. The maximum Gasteiger partial charge on any atom is 0.241 e. The number of benzene rings is 1. The van der Waals surface area contributed by atoms with Crippen LogP contribution in [0.25, 0.3) is 0 Å². The Kier molecular flexibility index (Phi) is 4.20. The number of hydrogen-bond donors (Lipinski definition) is 1. The van der Waals surface area contributed by atoms with Crippen LogP contribution in [0.15, 0.2) is 21.6 Å². The van der Waals surface area contributed by atoms with Gasteiger partial charge in [-0.1, -0.05) is 22.9 Å². The molecule has 0 atom stereocenters. The van der Waals surface area contributed by atoms with Crippen LogP contribution in [0.5, 0.6) is 0 Å². The van der Waals surface area contributed by atoms with Crippen molar-refractivity contribution in [2.45, 2.75) is 46.1 Å². The zero-order chi connectivity index (χ0) is 15.8. The van der Waals surface area contributed by atoms with Gasteiger partial charge in [0.15, 0.2) is 0 Å². The fourth-order valence-corrected chi connectivity index (χ4v) is 4.03. The number of nitrogens with one attached hydrogen (secondary N) is 1. The van der Waals surface area contributed by atoms with Crippen molar-refractivity contribution >= 4 is 10.0 Å². The number of hydrogen-bond acceptors (Lipinski definition) is 4. The fourth-order valence-electron chi connectivity index (χ4n) is 2.58. The highest BCUT2D eigenvalue weighted by molar-refractivity contribution is 7.89. The molecule has 21 heavy (non-hydrogen) atoms. The number of rotatable bonds is 4. The quantitative estimate of drug-likeness (QED) is 0.942. The molecule has 1 aromatic carbocycles. The Balaban J connectivity index is 2.32. The van der Waals surface area contributed by atoms with Crippen LogP contribution < -0.4 is 4.72 Å².